The average Bonchev–Trinajstić information content (AvgIpc) is 2.28. The number of carbonyl (C=O) groups is 1. The molecule has 5 nitrogen and oxygen atoms in total. The van der Waals surface area contributed by atoms with Crippen LogP contribution in [0.4, 0.5) is 11.4 Å². The van der Waals surface area contributed by atoms with Gasteiger partial charge in [-0.05, 0) is 45.5 Å². The highest BCUT2D eigenvalue weighted by Gasteiger charge is 2.39. The second kappa shape index (κ2) is 5.50. The highest BCUT2D eigenvalue weighted by atomic mass is 35.5. The van der Waals surface area contributed by atoms with E-state index in [4.69, 9.17) is 23.1 Å². The van der Waals surface area contributed by atoms with E-state index in [0.29, 0.717) is 22.0 Å². The Hall–Kier alpha value is -1.46. The number of nitrogen functional groups attached to an aromatic ring is 1. The molecule has 0 aromatic heterocycles. The number of nitrogens with zero attached hydrogens (tertiary/aromatic N) is 1. The van der Waals surface area contributed by atoms with Crippen molar-refractivity contribution < 1.29 is 4.79 Å². The van der Waals surface area contributed by atoms with Crippen LogP contribution in [0.3, 0.4) is 0 Å². The summed E-state index contributed by atoms with van der Waals surface area (Å²) in [5, 5.41) is 3.71. The maximum Gasteiger partial charge on any atom is 0.250 e. The molecule has 1 fully saturated rings. The molecule has 0 unspecified atom stereocenters. The Morgan fingerprint density at radius 3 is 2.55 bits per heavy atom. The number of hydrogen-bond acceptors (Lipinski definition) is 4. The number of rotatable bonds is 5. The molecule has 5 N–H and O–H groups in total. The third kappa shape index (κ3) is 2.69. The summed E-state index contributed by atoms with van der Waals surface area (Å²) in [4.78, 5) is 13.7. The van der Waals surface area contributed by atoms with Crippen LogP contribution in [0.1, 0.15) is 29.6 Å². The van der Waals surface area contributed by atoms with Crippen molar-refractivity contribution in [2.75, 3.05) is 31.7 Å². The fourth-order valence-corrected chi connectivity index (χ4v) is 2.92. The minimum Gasteiger partial charge on any atom is -0.399 e. The lowest BCUT2D eigenvalue weighted by atomic mass is 9.75. The van der Waals surface area contributed by atoms with Gasteiger partial charge in [-0.2, -0.15) is 0 Å². The van der Waals surface area contributed by atoms with E-state index < -0.39 is 5.91 Å². The van der Waals surface area contributed by atoms with Gasteiger partial charge in [0, 0.05) is 17.8 Å². The monoisotopic (exact) mass is 296 g/mol. The van der Waals surface area contributed by atoms with Gasteiger partial charge in [0.05, 0.1) is 16.3 Å². The lowest BCUT2D eigenvalue weighted by Gasteiger charge is -2.47. The van der Waals surface area contributed by atoms with Crippen LogP contribution < -0.4 is 16.8 Å². The Morgan fingerprint density at radius 1 is 1.45 bits per heavy atom. The highest BCUT2D eigenvalue weighted by molar-refractivity contribution is 6.34. The summed E-state index contributed by atoms with van der Waals surface area (Å²) in [5.41, 5.74) is 12.6. The number of anilines is 2. The van der Waals surface area contributed by atoms with Crippen molar-refractivity contribution in [1.82, 2.24) is 4.90 Å². The number of benzene rings is 1. The number of hydrogen-bond donors (Lipinski definition) is 3. The Morgan fingerprint density at radius 2 is 2.10 bits per heavy atom. The zero-order valence-electron chi connectivity index (χ0n) is 11.9. The SMILES string of the molecule is CN(C)C1(CNc2c(Cl)cc(N)cc2C(N)=O)CCC1. The van der Waals surface area contributed by atoms with Gasteiger partial charge in [0.15, 0.2) is 0 Å². The number of likely N-dealkylation sites (N-methyl/N-ethyl adjacent to an activating group) is 1. The highest BCUT2D eigenvalue weighted by Crippen LogP contribution is 2.37. The van der Waals surface area contributed by atoms with E-state index in [2.05, 4.69) is 24.3 Å². The molecule has 0 bridgehead atoms. The molecule has 0 saturated heterocycles. The van der Waals surface area contributed by atoms with Gasteiger partial charge in [0.2, 0.25) is 0 Å². The number of nitrogens with one attached hydrogen (secondary N) is 1. The van der Waals surface area contributed by atoms with Gasteiger partial charge in [0.1, 0.15) is 0 Å². The summed E-state index contributed by atoms with van der Waals surface area (Å²) < 4.78 is 0. The van der Waals surface area contributed by atoms with Gasteiger partial charge in [-0.1, -0.05) is 11.6 Å². The van der Waals surface area contributed by atoms with Crippen LogP contribution in [0, 0.1) is 0 Å². The van der Waals surface area contributed by atoms with Crippen LogP contribution in [-0.2, 0) is 0 Å². The van der Waals surface area contributed by atoms with Crippen molar-refractivity contribution in [3.05, 3.63) is 22.7 Å². The van der Waals surface area contributed by atoms with Crippen molar-refractivity contribution in [2.45, 2.75) is 24.8 Å². The van der Waals surface area contributed by atoms with Gasteiger partial charge in [0.25, 0.3) is 5.91 Å². The van der Waals surface area contributed by atoms with Crippen LogP contribution in [-0.4, -0.2) is 37.0 Å². The van der Waals surface area contributed by atoms with E-state index in [0.717, 1.165) is 19.4 Å². The van der Waals surface area contributed by atoms with Gasteiger partial charge < -0.3 is 21.7 Å². The Bertz CT molecular complexity index is 526. The first kappa shape index (κ1) is 14.9. The number of amides is 1. The Balaban J connectivity index is 2.23. The molecule has 6 heteroatoms. The first-order valence-corrected chi connectivity index (χ1v) is 7.04. The summed E-state index contributed by atoms with van der Waals surface area (Å²) in [7, 11) is 4.14. The first-order chi connectivity index (χ1) is 9.35. The quantitative estimate of drug-likeness (QED) is 0.725. The zero-order valence-corrected chi connectivity index (χ0v) is 12.6. The molecule has 110 valence electrons. The summed E-state index contributed by atoms with van der Waals surface area (Å²) in [6, 6.07) is 3.18. The molecular formula is C14H21ClN4O. The fourth-order valence-electron chi connectivity index (χ4n) is 2.62. The molecule has 0 radical (unpaired) electrons. The Kier molecular flexibility index (Phi) is 4.11. The number of primary amides is 1. The van der Waals surface area contributed by atoms with E-state index in [-0.39, 0.29) is 5.54 Å². The first-order valence-electron chi connectivity index (χ1n) is 6.66. The maximum atomic E-state index is 11.5. The average molecular weight is 297 g/mol. The van der Waals surface area contributed by atoms with Gasteiger partial charge in [-0.3, -0.25) is 4.79 Å². The zero-order chi connectivity index (χ0) is 14.9. The van der Waals surface area contributed by atoms with Crippen molar-refractivity contribution in [2.24, 2.45) is 5.73 Å². The molecule has 0 heterocycles. The fraction of sp³-hybridized carbons (Fsp3) is 0.500. The van der Waals surface area contributed by atoms with Crippen LogP contribution in [0.2, 0.25) is 5.02 Å². The molecule has 0 spiro atoms. The molecule has 2 rings (SSSR count). The molecule has 1 aliphatic rings. The molecule has 0 atom stereocenters. The van der Waals surface area contributed by atoms with Crippen molar-refractivity contribution >= 4 is 28.9 Å². The van der Waals surface area contributed by atoms with Gasteiger partial charge >= 0.3 is 0 Å². The smallest absolute Gasteiger partial charge is 0.250 e. The Labute approximate surface area is 124 Å². The molecule has 1 aromatic rings. The number of nitrogens with two attached hydrogens (primary N) is 2. The van der Waals surface area contributed by atoms with Crippen molar-refractivity contribution in [3.8, 4) is 0 Å². The molecule has 1 amide bonds. The normalized spacial score (nSPS) is 16.8. The molecular weight excluding hydrogens is 276 g/mol. The third-order valence-corrected chi connectivity index (χ3v) is 4.50. The standard InChI is InChI=1S/C14H21ClN4O/c1-19(2)14(4-3-5-14)8-18-12-10(13(17)20)6-9(16)7-11(12)15/h6-7,18H,3-5,8,16H2,1-2H3,(H2,17,20). The largest absolute Gasteiger partial charge is 0.399 e. The van der Waals surface area contributed by atoms with E-state index in [1.165, 1.54) is 6.42 Å². The van der Waals surface area contributed by atoms with Crippen LogP contribution >= 0.6 is 11.6 Å². The molecule has 1 saturated carbocycles. The topological polar surface area (TPSA) is 84.4 Å². The number of halogens is 1. The van der Waals surface area contributed by atoms with Crippen molar-refractivity contribution in [3.63, 3.8) is 0 Å². The minimum atomic E-state index is -0.533. The van der Waals surface area contributed by atoms with E-state index in [9.17, 15) is 4.79 Å². The van der Waals surface area contributed by atoms with E-state index in [1.807, 2.05) is 0 Å². The second-order valence-electron chi connectivity index (χ2n) is 5.62. The van der Waals surface area contributed by atoms with Crippen LogP contribution in [0.15, 0.2) is 12.1 Å². The third-order valence-electron chi connectivity index (χ3n) is 4.21. The summed E-state index contributed by atoms with van der Waals surface area (Å²) in [5.74, 6) is -0.533. The number of carbonyl (C=O) groups excluding carboxylic acids is 1. The molecule has 1 aliphatic carbocycles. The van der Waals surface area contributed by atoms with Crippen LogP contribution in [0.5, 0.6) is 0 Å². The lowest BCUT2D eigenvalue weighted by molar-refractivity contribution is 0.0738. The van der Waals surface area contributed by atoms with Crippen LogP contribution in [0.25, 0.3) is 0 Å². The molecule has 1 aromatic carbocycles. The predicted molar refractivity (Wildman–Crippen MR) is 83.1 cm³/mol. The maximum absolute atomic E-state index is 11.5. The van der Waals surface area contributed by atoms with E-state index in [1.54, 1.807) is 12.1 Å². The summed E-state index contributed by atoms with van der Waals surface area (Å²) >= 11 is 6.18. The second-order valence-corrected chi connectivity index (χ2v) is 6.02. The lowest BCUT2D eigenvalue weighted by Crippen LogP contribution is -2.54. The van der Waals surface area contributed by atoms with Gasteiger partial charge in [-0.25, -0.2) is 0 Å². The van der Waals surface area contributed by atoms with Gasteiger partial charge in [-0.15, -0.1) is 0 Å². The molecule has 20 heavy (non-hydrogen) atoms. The summed E-state index contributed by atoms with van der Waals surface area (Å²) in [6.07, 6.45) is 3.48. The van der Waals surface area contributed by atoms with Crippen molar-refractivity contribution in [1.29, 1.82) is 0 Å². The molecule has 0 aliphatic heterocycles. The minimum absolute atomic E-state index is 0.125. The van der Waals surface area contributed by atoms with E-state index >= 15 is 0 Å². The summed E-state index contributed by atoms with van der Waals surface area (Å²) in [6.45, 7) is 0.726. The predicted octanol–water partition coefficient (Wildman–Crippen LogP) is 1.92.